The van der Waals surface area contributed by atoms with Crippen molar-refractivity contribution in [2.45, 2.75) is 32.2 Å². The summed E-state index contributed by atoms with van der Waals surface area (Å²) in [6.45, 7) is 2.35. The molecule has 1 aliphatic rings. The van der Waals surface area contributed by atoms with Gasteiger partial charge in [-0.25, -0.2) is 8.78 Å². The van der Waals surface area contributed by atoms with Crippen LogP contribution >= 0.6 is 15.9 Å². The van der Waals surface area contributed by atoms with Gasteiger partial charge in [-0.15, -0.1) is 0 Å². The van der Waals surface area contributed by atoms with Gasteiger partial charge in [-0.1, -0.05) is 22.9 Å². The monoisotopic (exact) mass is 313 g/mol. The Hall–Kier alpha value is -0.230. The fourth-order valence-electron chi connectivity index (χ4n) is 2.03. The Labute approximate surface area is 109 Å². The molecule has 2 unspecified atom stereocenters. The molecule has 1 amide bonds. The van der Waals surface area contributed by atoms with Crippen LogP contribution in [0.4, 0.5) is 8.78 Å². The third-order valence-electron chi connectivity index (χ3n) is 3.07. The van der Waals surface area contributed by atoms with Crippen molar-refractivity contribution in [1.82, 2.24) is 4.90 Å². The van der Waals surface area contributed by atoms with Gasteiger partial charge in [0.05, 0.1) is 13.0 Å². The molecule has 0 N–H and O–H groups in total. The lowest BCUT2D eigenvalue weighted by Gasteiger charge is -2.25. The molecule has 1 aliphatic heterocycles. The highest BCUT2D eigenvalue weighted by Crippen LogP contribution is 2.25. The molecule has 0 aliphatic carbocycles. The first-order valence-electron chi connectivity index (χ1n) is 5.77. The zero-order valence-electron chi connectivity index (χ0n) is 9.87. The van der Waals surface area contributed by atoms with E-state index in [1.54, 1.807) is 0 Å². The molecule has 3 nitrogen and oxygen atoms in total. The lowest BCUT2D eigenvalue weighted by atomic mass is 10.1. The van der Waals surface area contributed by atoms with Crippen LogP contribution in [-0.4, -0.2) is 48.4 Å². The summed E-state index contributed by atoms with van der Waals surface area (Å²) in [6, 6.07) is 0.220. The van der Waals surface area contributed by atoms with E-state index in [0.29, 0.717) is 5.92 Å². The number of carbonyl (C=O) groups is 1. The summed E-state index contributed by atoms with van der Waals surface area (Å²) in [5.74, 6) is 0.480. The molecule has 0 spiro atoms. The highest BCUT2D eigenvalue weighted by Gasteiger charge is 2.32. The summed E-state index contributed by atoms with van der Waals surface area (Å²) in [4.78, 5) is 13.7. The first-order valence-corrected chi connectivity index (χ1v) is 6.89. The molecular weight excluding hydrogens is 296 g/mol. The van der Waals surface area contributed by atoms with Crippen LogP contribution in [0.25, 0.3) is 0 Å². The molecule has 0 aromatic rings. The van der Waals surface area contributed by atoms with E-state index in [4.69, 9.17) is 4.74 Å². The van der Waals surface area contributed by atoms with Crippen LogP contribution in [0.2, 0.25) is 0 Å². The van der Waals surface area contributed by atoms with Gasteiger partial charge in [-0.2, -0.15) is 0 Å². The smallest absolute Gasteiger partial charge is 0.261 e. The van der Waals surface area contributed by atoms with Crippen molar-refractivity contribution in [2.75, 3.05) is 25.1 Å². The summed E-state index contributed by atoms with van der Waals surface area (Å²) in [6.07, 6.45) is -1.28. The van der Waals surface area contributed by atoms with Crippen molar-refractivity contribution in [3.05, 3.63) is 0 Å². The quantitative estimate of drug-likeness (QED) is 0.556. The number of hydrogen-bond donors (Lipinski definition) is 0. The highest BCUT2D eigenvalue weighted by atomic mass is 79.9. The van der Waals surface area contributed by atoms with E-state index in [9.17, 15) is 13.6 Å². The molecule has 0 aromatic heterocycles. The van der Waals surface area contributed by atoms with E-state index in [1.807, 2.05) is 4.90 Å². The predicted octanol–water partition coefficient (Wildman–Crippen LogP) is 2.29. The zero-order chi connectivity index (χ0) is 12.8. The van der Waals surface area contributed by atoms with Gasteiger partial charge in [0.15, 0.2) is 0 Å². The van der Waals surface area contributed by atoms with E-state index in [-0.39, 0.29) is 25.0 Å². The Morgan fingerprint density at radius 3 is 2.88 bits per heavy atom. The summed E-state index contributed by atoms with van der Waals surface area (Å²) in [5, 5.41) is 0.762. The van der Waals surface area contributed by atoms with Gasteiger partial charge in [0, 0.05) is 17.9 Å². The van der Waals surface area contributed by atoms with Crippen LogP contribution in [-0.2, 0) is 9.53 Å². The average molecular weight is 314 g/mol. The minimum absolute atomic E-state index is 0.00642. The first-order chi connectivity index (χ1) is 8.06. The molecule has 100 valence electrons. The van der Waals surface area contributed by atoms with E-state index in [0.717, 1.165) is 18.3 Å². The van der Waals surface area contributed by atoms with E-state index >= 15 is 0 Å². The minimum atomic E-state index is -2.47. The number of alkyl halides is 3. The number of likely N-dealkylation sites (tertiary alicyclic amines) is 1. The Morgan fingerprint density at radius 2 is 2.29 bits per heavy atom. The summed E-state index contributed by atoms with van der Waals surface area (Å²) < 4.78 is 28.3. The topological polar surface area (TPSA) is 29.5 Å². The second-order valence-corrected chi connectivity index (χ2v) is 4.94. The van der Waals surface area contributed by atoms with Crippen molar-refractivity contribution in [3.63, 3.8) is 0 Å². The van der Waals surface area contributed by atoms with Crippen LogP contribution in [0.5, 0.6) is 0 Å². The lowest BCUT2D eigenvalue weighted by molar-refractivity contribution is -0.133. The van der Waals surface area contributed by atoms with Crippen molar-refractivity contribution >= 4 is 21.8 Å². The summed E-state index contributed by atoms with van der Waals surface area (Å²) in [7, 11) is 0. The van der Waals surface area contributed by atoms with Crippen LogP contribution in [0.3, 0.4) is 0 Å². The molecular formula is C11H18BrF2NO2. The molecule has 0 aromatic carbocycles. The largest absolute Gasteiger partial charge is 0.375 e. The first kappa shape index (κ1) is 14.8. The second-order valence-electron chi connectivity index (χ2n) is 4.29. The van der Waals surface area contributed by atoms with Crippen LogP contribution in [0, 0.1) is 5.92 Å². The molecule has 1 rings (SSSR count). The van der Waals surface area contributed by atoms with E-state index < -0.39 is 13.0 Å². The number of carbonyl (C=O) groups excluding carboxylic acids is 1. The number of nitrogens with zero attached hydrogens (tertiary/aromatic N) is 1. The van der Waals surface area contributed by atoms with E-state index in [1.165, 1.54) is 0 Å². The van der Waals surface area contributed by atoms with Crippen molar-refractivity contribution in [2.24, 2.45) is 5.92 Å². The molecule has 2 atom stereocenters. The van der Waals surface area contributed by atoms with Gasteiger partial charge in [-0.3, -0.25) is 4.79 Å². The van der Waals surface area contributed by atoms with Gasteiger partial charge in [-0.05, 0) is 12.3 Å². The van der Waals surface area contributed by atoms with Gasteiger partial charge in [0.2, 0.25) is 5.91 Å². The molecule has 1 saturated heterocycles. The lowest BCUT2D eigenvalue weighted by Crippen LogP contribution is -2.39. The van der Waals surface area contributed by atoms with E-state index in [2.05, 4.69) is 22.9 Å². The standard InChI is InChI=1S/C11H18BrF2NO2/c1-8-2-4-15(9(8)6-12)11(16)3-5-17-7-10(13)14/h8-10H,2-7H2,1H3. The highest BCUT2D eigenvalue weighted by molar-refractivity contribution is 9.09. The Kier molecular flexibility index (Phi) is 6.33. The third-order valence-corrected chi connectivity index (χ3v) is 3.73. The molecule has 0 bridgehead atoms. The normalized spacial score (nSPS) is 24.6. The number of hydrogen-bond acceptors (Lipinski definition) is 2. The third kappa shape index (κ3) is 4.50. The van der Waals surface area contributed by atoms with Gasteiger partial charge in [0.25, 0.3) is 6.43 Å². The second kappa shape index (κ2) is 7.26. The minimum Gasteiger partial charge on any atom is -0.375 e. The maximum absolute atomic E-state index is 11.8. The Balaban J connectivity index is 2.28. The summed E-state index contributed by atoms with van der Waals surface area (Å²) >= 11 is 3.40. The average Bonchev–Trinajstić information content (AvgIpc) is 2.65. The number of rotatable bonds is 6. The maximum atomic E-state index is 11.8. The predicted molar refractivity (Wildman–Crippen MR) is 64.5 cm³/mol. The van der Waals surface area contributed by atoms with Gasteiger partial charge >= 0.3 is 0 Å². The van der Waals surface area contributed by atoms with Crippen molar-refractivity contribution in [1.29, 1.82) is 0 Å². The Morgan fingerprint density at radius 1 is 1.59 bits per heavy atom. The molecule has 0 radical (unpaired) electrons. The maximum Gasteiger partial charge on any atom is 0.261 e. The zero-order valence-corrected chi connectivity index (χ0v) is 11.5. The number of ether oxygens (including phenoxy) is 1. The molecule has 17 heavy (non-hydrogen) atoms. The molecule has 1 fully saturated rings. The summed E-state index contributed by atoms with van der Waals surface area (Å²) in [5.41, 5.74) is 0. The molecule has 0 saturated carbocycles. The number of amides is 1. The van der Waals surface area contributed by atoms with Gasteiger partial charge < -0.3 is 9.64 Å². The fourth-order valence-corrected chi connectivity index (χ4v) is 3.02. The van der Waals surface area contributed by atoms with Crippen molar-refractivity contribution < 1.29 is 18.3 Å². The molecule has 6 heteroatoms. The van der Waals surface area contributed by atoms with Crippen molar-refractivity contribution in [3.8, 4) is 0 Å². The van der Waals surface area contributed by atoms with Crippen LogP contribution in [0.1, 0.15) is 19.8 Å². The van der Waals surface area contributed by atoms with Crippen LogP contribution < -0.4 is 0 Å². The van der Waals surface area contributed by atoms with Gasteiger partial charge in [0.1, 0.15) is 6.61 Å². The number of halogens is 3. The molecule has 1 heterocycles. The fraction of sp³-hybridized carbons (Fsp3) is 0.909. The van der Waals surface area contributed by atoms with Crippen LogP contribution in [0.15, 0.2) is 0 Å². The Bertz CT molecular complexity index is 254. The SMILES string of the molecule is CC1CCN(C(=O)CCOCC(F)F)C1CBr.